The van der Waals surface area contributed by atoms with Crippen molar-refractivity contribution < 1.29 is 9.90 Å². The number of nitrogens with zero attached hydrogens (tertiary/aromatic N) is 3. The van der Waals surface area contributed by atoms with E-state index in [1.54, 1.807) is 18.2 Å². The van der Waals surface area contributed by atoms with Crippen LogP contribution in [0, 0.1) is 0 Å². The lowest BCUT2D eigenvalue weighted by Gasteiger charge is -2.08. The highest BCUT2D eigenvalue weighted by molar-refractivity contribution is 5.89. The second kappa shape index (κ2) is 9.64. The fraction of sp³-hybridized carbons (Fsp3) is 0.208. The van der Waals surface area contributed by atoms with Gasteiger partial charge in [-0.1, -0.05) is 48.6 Å². The zero-order valence-corrected chi connectivity index (χ0v) is 16.4. The second-order valence-corrected chi connectivity index (χ2v) is 6.84. The lowest BCUT2D eigenvalue weighted by Crippen LogP contribution is -2.07. The van der Waals surface area contributed by atoms with E-state index in [2.05, 4.69) is 23.2 Å². The lowest BCUT2D eigenvalue weighted by molar-refractivity contribution is 0.0697. The van der Waals surface area contributed by atoms with Crippen molar-refractivity contribution in [3.63, 3.8) is 0 Å². The van der Waals surface area contributed by atoms with E-state index in [9.17, 15) is 9.90 Å². The van der Waals surface area contributed by atoms with Crippen molar-refractivity contribution in [2.24, 2.45) is 0 Å². The molecule has 0 fully saturated rings. The molecule has 0 aliphatic rings. The Balaban J connectivity index is 1.79. The van der Waals surface area contributed by atoms with Crippen molar-refractivity contribution in [2.75, 3.05) is 0 Å². The molecule has 1 aromatic heterocycles. The number of carboxylic acid groups (broad SMARTS) is 1. The molecule has 0 amide bonds. The van der Waals surface area contributed by atoms with Crippen molar-refractivity contribution >= 4 is 5.97 Å². The van der Waals surface area contributed by atoms with Crippen LogP contribution in [0.2, 0.25) is 0 Å². The summed E-state index contributed by atoms with van der Waals surface area (Å²) in [4.78, 5) is 15.9. The summed E-state index contributed by atoms with van der Waals surface area (Å²) < 4.78 is 1.96. The van der Waals surface area contributed by atoms with Crippen LogP contribution in [0.15, 0.2) is 73.8 Å². The summed E-state index contributed by atoms with van der Waals surface area (Å²) >= 11 is 0. The molecule has 5 heteroatoms. The molecule has 0 unspecified atom stereocenters. The molecular weight excluding hydrogens is 362 g/mol. The normalized spacial score (nSPS) is 10.6. The predicted molar refractivity (Wildman–Crippen MR) is 115 cm³/mol. The Morgan fingerprint density at radius 3 is 2.41 bits per heavy atom. The number of carboxylic acids is 1. The van der Waals surface area contributed by atoms with Crippen LogP contribution in [0.25, 0.3) is 11.1 Å². The van der Waals surface area contributed by atoms with E-state index in [1.165, 1.54) is 0 Å². The summed E-state index contributed by atoms with van der Waals surface area (Å²) in [5.74, 6) is 0.877. The standard InChI is InChI=1S/C24H25N3O2/c1-3-5-10-22-25-23(11-6-4-2)27(26-22)17-18-12-14-19(15-13-18)20-8-7-9-21(16-20)24(28)29/h3-4,7-9,12-16H,1-2,5-6,10-11,17H2,(H,28,29). The van der Waals surface area contributed by atoms with Crippen LogP contribution in [-0.2, 0) is 19.4 Å². The molecule has 0 aliphatic heterocycles. The number of benzene rings is 2. The monoisotopic (exact) mass is 387 g/mol. The number of hydrogen-bond donors (Lipinski definition) is 1. The summed E-state index contributed by atoms with van der Waals surface area (Å²) in [6.07, 6.45) is 7.08. The molecule has 2 aromatic carbocycles. The summed E-state index contributed by atoms with van der Waals surface area (Å²) in [7, 11) is 0. The van der Waals surface area contributed by atoms with Crippen molar-refractivity contribution in [1.82, 2.24) is 14.8 Å². The van der Waals surface area contributed by atoms with E-state index in [1.807, 2.05) is 47.2 Å². The smallest absolute Gasteiger partial charge is 0.335 e. The Morgan fingerprint density at radius 2 is 1.72 bits per heavy atom. The number of aromatic carboxylic acids is 1. The highest BCUT2D eigenvalue weighted by atomic mass is 16.4. The van der Waals surface area contributed by atoms with Gasteiger partial charge < -0.3 is 5.11 Å². The van der Waals surface area contributed by atoms with Gasteiger partial charge in [-0.2, -0.15) is 5.10 Å². The highest BCUT2D eigenvalue weighted by Gasteiger charge is 2.10. The van der Waals surface area contributed by atoms with Crippen LogP contribution in [0.5, 0.6) is 0 Å². The molecule has 0 atom stereocenters. The van der Waals surface area contributed by atoms with Gasteiger partial charge in [-0.15, -0.1) is 13.2 Å². The minimum atomic E-state index is -0.922. The number of hydrogen-bond acceptors (Lipinski definition) is 3. The topological polar surface area (TPSA) is 68.0 Å². The van der Waals surface area contributed by atoms with Crippen LogP contribution < -0.4 is 0 Å². The van der Waals surface area contributed by atoms with E-state index < -0.39 is 5.97 Å². The fourth-order valence-corrected chi connectivity index (χ4v) is 3.11. The third-order valence-corrected chi connectivity index (χ3v) is 4.67. The summed E-state index contributed by atoms with van der Waals surface area (Å²) in [6.45, 7) is 8.20. The Labute approximate surface area is 171 Å². The van der Waals surface area contributed by atoms with Crippen LogP contribution in [0.4, 0.5) is 0 Å². The minimum absolute atomic E-state index is 0.285. The maximum Gasteiger partial charge on any atom is 0.335 e. The molecular formula is C24H25N3O2. The number of aromatic nitrogens is 3. The van der Waals surface area contributed by atoms with E-state index >= 15 is 0 Å². The van der Waals surface area contributed by atoms with Gasteiger partial charge in [0.2, 0.25) is 0 Å². The zero-order valence-electron chi connectivity index (χ0n) is 16.4. The maximum absolute atomic E-state index is 11.2. The molecule has 0 aliphatic carbocycles. The van der Waals surface area contributed by atoms with Crippen molar-refractivity contribution in [2.45, 2.75) is 32.2 Å². The molecule has 148 valence electrons. The number of aryl methyl sites for hydroxylation is 2. The zero-order chi connectivity index (χ0) is 20.6. The average molecular weight is 387 g/mol. The first kappa shape index (κ1) is 20.3. The third-order valence-electron chi connectivity index (χ3n) is 4.67. The van der Waals surface area contributed by atoms with E-state index in [0.29, 0.717) is 6.54 Å². The van der Waals surface area contributed by atoms with Gasteiger partial charge in [-0.3, -0.25) is 0 Å². The molecule has 5 nitrogen and oxygen atoms in total. The molecule has 1 N–H and O–H groups in total. The Hall–Kier alpha value is -3.47. The van der Waals surface area contributed by atoms with Gasteiger partial charge >= 0.3 is 5.97 Å². The Bertz CT molecular complexity index is 1000. The molecule has 0 radical (unpaired) electrons. The summed E-state index contributed by atoms with van der Waals surface area (Å²) in [5.41, 5.74) is 3.26. The SMILES string of the molecule is C=CCCc1nc(CCC=C)n(Cc2ccc(-c3cccc(C(=O)O)c3)cc2)n1. The number of allylic oxidation sites excluding steroid dienone is 2. The van der Waals surface area contributed by atoms with Crippen molar-refractivity contribution in [3.8, 4) is 11.1 Å². The molecule has 29 heavy (non-hydrogen) atoms. The largest absolute Gasteiger partial charge is 0.478 e. The van der Waals surface area contributed by atoms with E-state index in [4.69, 9.17) is 0 Å². The Kier molecular flexibility index (Phi) is 6.74. The maximum atomic E-state index is 11.2. The van der Waals surface area contributed by atoms with Crippen LogP contribution in [-0.4, -0.2) is 25.8 Å². The van der Waals surface area contributed by atoms with Gasteiger partial charge in [-0.25, -0.2) is 14.5 Å². The number of rotatable bonds is 10. The third kappa shape index (κ3) is 5.29. The first-order valence-corrected chi connectivity index (χ1v) is 9.67. The minimum Gasteiger partial charge on any atom is -0.478 e. The lowest BCUT2D eigenvalue weighted by atomic mass is 10.0. The molecule has 0 saturated heterocycles. The van der Waals surface area contributed by atoms with Gasteiger partial charge in [0.05, 0.1) is 12.1 Å². The van der Waals surface area contributed by atoms with Crippen LogP contribution >= 0.6 is 0 Å². The second-order valence-electron chi connectivity index (χ2n) is 6.84. The van der Waals surface area contributed by atoms with Crippen LogP contribution in [0.3, 0.4) is 0 Å². The summed E-state index contributed by atoms with van der Waals surface area (Å²) in [6, 6.07) is 15.1. The molecule has 0 spiro atoms. The van der Waals surface area contributed by atoms with Gasteiger partial charge in [0, 0.05) is 12.8 Å². The van der Waals surface area contributed by atoms with Gasteiger partial charge in [0.25, 0.3) is 0 Å². The summed E-state index contributed by atoms with van der Waals surface area (Å²) in [5, 5.41) is 13.8. The average Bonchev–Trinajstić information content (AvgIpc) is 3.12. The van der Waals surface area contributed by atoms with Gasteiger partial charge in [-0.05, 0) is 41.7 Å². The Morgan fingerprint density at radius 1 is 1.00 bits per heavy atom. The number of carbonyl (C=O) groups is 1. The molecule has 0 bridgehead atoms. The van der Waals surface area contributed by atoms with Crippen molar-refractivity contribution in [1.29, 1.82) is 0 Å². The predicted octanol–water partition coefficient (Wildman–Crippen LogP) is 4.93. The van der Waals surface area contributed by atoms with Crippen LogP contribution in [0.1, 0.15) is 40.4 Å². The molecule has 0 saturated carbocycles. The first-order valence-electron chi connectivity index (χ1n) is 9.67. The first-order chi connectivity index (χ1) is 14.1. The van der Waals surface area contributed by atoms with E-state index in [0.717, 1.165) is 54.0 Å². The quantitative estimate of drug-likeness (QED) is 0.501. The highest BCUT2D eigenvalue weighted by Crippen LogP contribution is 2.21. The van der Waals surface area contributed by atoms with E-state index in [-0.39, 0.29) is 5.56 Å². The molecule has 1 heterocycles. The van der Waals surface area contributed by atoms with Gasteiger partial charge in [0.15, 0.2) is 5.82 Å². The molecule has 3 aromatic rings. The fourth-order valence-electron chi connectivity index (χ4n) is 3.11. The molecule has 3 rings (SSSR count). The van der Waals surface area contributed by atoms with Crippen molar-refractivity contribution in [3.05, 3.63) is 96.6 Å². The van der Waals surface area contributed by atoms with Gasteiger partial charge in [0.1, 0.15) is 5.82 Å².